The maximum atomic E-state index is 13.2. The molecule has 0 atom stereocenters. The van der Waals surface area contributed by atoms with Crippen LogP contribution in [0.3, 0.4) is 0 Å². The van der Waals surface area contributed by atoms with Gasteiger partial charge in [-0.15, -0.1) is 0 Å². The van der Waals surface area contributed by atoms with Crippen molar-refractivity contribution in [2.75, 3.05) is 17.7 Å². The van der Waals surface area contributed by atoms with Crippen LogP contribution in [0, 0.1) is 11.6 Å². The van der Waals surface area contributed by atoms with Crippen LogP contribution in [-0.4, -0.2) is 18.0 Å². The van der Waals surface area contributed by atoms with Gasteiger partial charge in [0.2, 0.25) is 0 Å². The molecule has 2 N–H and O–H groups in total. The van der Waals surface area contributed by atoms with Gasteiger partial charge in [-0.3, -0.25) is 4.79 Å². The average Bonchev–Trinajstić information content (AvgIpc) is 2.65. The Balaban J connectivity index is 1.68. The van der Waals surface area contributed by atoms with Crippen LogP contribution in [0.4, 0.5) is 25.8 Å². The van der Waals surface area contributed by atoms with Gasteiger partial charge in [0.05, 0.1) is 19.0 Å². The number of nitrogens with zero attached hydrogens (tertiary/aromatic N) is 1. The van der Waals surface area contributed by atoms with Crippen molar-refractivity contribution in [3.63, 3.8) is 0 Å². The fourth-order valence-corrected chi connectivity index (χ4v) is 2.24. The highest BCUT2D eigenvalue weighted by Gasteiger charge is 2.10. The number of carbonyl (C=O) groups excluding carboxylic acids is 1. The Morgan fingerprint density at radius 1 is 0.962 bits per heavy atom. The zero-order valence-electron chi connectivity index (χ0n) is 13.8. The zero-order chi connectivity index (χ0) is 18.5. The number of halogens is 2. The molecule has 7 heteroatoms. The zero-order valence-corrected chi connectivity index (χ0v) is 13.8. The van der Waals surface area contributed by atoms with Crippen LogP contribution in [0.5, 0.6) is 5.75 Å². The number of ether oxygens (including phenoxy) is 1. The molecule has 2 aromatic carbocycles. The van der Waals surface area contributed by atoms with Gasteiger partial charge in [-0.1, -0.05) is 6.07 Å². The minimum atomic E-state index is -1.03. The number of hydrogen-bond donors (Lipinski definition) is 2. The molecule has 0 aliphatic carbocycles. The van der Waals surface area contributed by atoms with Gasteiger partial charge in [0.15, 0.2) is 11.6 Å². The molecule has 1 amide bonds. The molecular weight excluding hydrogens is 340 g/mol. The molecular formula is C19H15F2N3O2. The monoisotopic (exact) mass is 355 g/mol. The number of benzene rings is 2. The Morgan fingerprint density at radius 2 is 1.77 bits per heavy atom. The van der Waals surface area contributed by atoms with Gasteiger partial charge >= 0.3 is 0 Å². The van der Waals surface area contributed by atoms with E-state index >= 15 is 0 Å². The summed E-state index contributed by atoms with van der Waals surface area (Å²) in [7, 11) is 1.58. The molecule has 0 bridgehead atoms. The SMILES string of the molecule is COc1cccc(Nc2ccc(C(=O)Nc3ccc(F)c(F)c3)nc2)c1. The number of methoxy groups -OCH3 is 1. The first-order valence-corrected chi connectivity index (χ1v) is 7.69. The van der Waals surface area contributed by atoms with Gasteiger partial charge in [0.1, 0.15) is 11.4 Å². The molecule has 3 aromatic rings. The van der Waals surface area contributed by atoms with Crippen molar-refractivity contribution in [2.45, 2.75) is 0 Å². The minimum Gasteiger partial charge on any atom is -0.497 e. The molecule has 3 rings (SSSR count). The highest BCUT2D eigenvalue weighted by molar-refractivity contribution is 6.02. The lowest BCUT2D eigenvalue weighted by molar-refractivity contribution is 0.102. The molecule has 0 fully saturated rings. The molecule has 1 aromatic heterocycles. The van der Waals surface area contributed by atoms with Gasteiger partial charge in [0.25, 0.3) is 5.91 Å². The molecule has 132 valence electrons. The number of anilines is 3. The lowest BCUT2D eigenvalue weighted by Gasteiger charge is -2.09. The molecule has 0 saturated heterocycles. The summed E-state index contributed by atoms with van der Waals surface area (Å²) in [4.78, 5) is 16.2. The number of nitrogens with one attached hydrogen (secondary N) is 2. The van der Waals surface area contributed by atoms with E-state index in [0.717, 1.165) is 17.8 Å². The summed E-state index contributed by atoms with van der Waals surface area (Å²) in [5, 5.41) is 5.61. The van der Waals surface area contributed by atoms with Crippen molar-refractivity contribution in [3.05, 3.63) is 78.1 Å². The van der Waals surface area contributed by atoms with Gasteiger partial charge in [-0.05, 0) is 36.4 Å². The van der Waals surface area contributed by atoms with Crippen LogP contribution in [0.15, 0.2) is 60.8 Å². The number of carbonyl (C=O) groups is 1. The lowest BCUT2D eigenvalue weighted by atomic mass is 10.2. The van der Waals surface area contributed by atoms with Crippen molar-refractivity contribution in [1.29, 1.82) is 0 Å². The second-order valence-corrected chi connectivity index (χ2v) is 5.37. The molecule has 0 unspecified atom stereocenters. The maximum absolute atomic E-state index is 13.2. The van der Waals surface area contributed by atoms with Gasteiger partial charge in [-0.2, -0.15) is 0 Å². The third-order valence-electron chi connectivity index (χ3n) is 3.53. The van der Waals surface area contributed by atoms with E-state index in [1.165, 1.54) is 18.3 Å². The Labute approximate surface area is 148 Å². The first kappa shape index (κ1) is 17.3. The standard InChI is InChI=1S/C19H15F2N3O2/c1-26-15-4-2-3-12(9-15)23-14-6-8-18(22-11-14)19(25)24-13-5-7-16(20)17(21)10-13/h2-11,23H,1H3,(H,24,25). The van der Waals surface area contributed by atoms with Gasteiger partial charge < -0.3 is 15.4 Å². The van der Waals surface area contributed by atoms with Crippen LogP contribution in [0.1, 0.15) is 10.5 Å². The molecule has 0 spiro atoms. The number of hydrogen-bond acceptors (Lipinski definition) is 4. The van der Waals surface area contributed by atoms with E-state index in [1.807, 2.05) is 24.3 Å². The Morgan fingerprint density at radius 3 is 2.46 bits per heavy atom. The van der Waals surface area contributed by atoms with Crippen molar-refractivity contribution in [1.82, 2.24) is 4.98 Å². The molecule has 0 saturated carbocycles. The lowest BCUT2D eigenvalue weighted by Crippen LogP contribution is -2.13. The molecule has 5 nitrogen and oxygen atoms in total. The van der Waals surface area contributed by atoms with Crippen molar-refractivity contribution in [3.8, 4) is 5.75 Å². The van der Waals surface area contributed by atoms with Crippen molar-refractivity contribution < 1.29 is 18.3 Å². The fourth-order valence-electron chi connectivity index (χ4n) is 2.24. The van der Waals surface area contributed by atoms with Crippen molar-refractivity contribution >= 4 is 23.0 Å². The molecule has 0 radical (unpaired) electrons. The highest BCUT2D eigenvalue weighted by Crippen LogP contribution is 2.21. The number of aromatic nitrogens is 1. The highest BCUT2D eigenvalue weighted by atomic mass is 19.2. The summed E-state index contributed by atoms with van der Waals surface area (Å²) in [6, 6.07) is 13.7. The first-order chi connectivity index (χ1) is 12.5. The van der Waals surface area contributed by atoms with Gasteiger partial charge in [-0.25, -0.2) is 13.8 Å². The third-order valence-corrected chi connectivity index (χ3v) is 3.53. The van der Waals surface area contributed by atoms with E-state index in [-0.39, 0.29) is 11.4 Å². The fraction of sp³-hybridized carbons (Fsp3) is 0.0526. The molecule has 26 heavy (non-hydrogen) atoms. The maximum Gasteiger partial charge on any atom is 0.274 e. The van der Waals surface area contributed by atoms with E-state index in [0.29, 0.717) is 11.4 Å². The molecule has 0 aliphatic heterocycles. The summed E-state index contributed by atoms with van der Waals surface area (Å²) in [5.74, 6) is -1.82. The Bertz CT molecular complexity index is 930. The van der Waals surface area contributed by atoms with Gasteiger partial charge in [0, 0.05) is 23.5 Å². The summed E-state index contributed by atoms with van der Waals surface area (Å²) >= 11 is 0. The normalized spacial score (nSPS) is 10.3. The van der Waals surface area contributed by atoms with Crippen LogP contribution < -0.4 is 15.4 Å². The summed E-state index contributed by atoms with van der Waals surface area (Å²) in [6.07, 6.45) is 1.50. The quantitative estimate of drug-likeness (QED) is 0.714. The van der Waals surface area contributed by atoms with Crippen molar-refractivity contribution in [2.24, 2.45) is 0 Å². The summed E-state index contributed by atoms with van der Waals surface area (Å²) in [5.41, 5.74) is 1.79. The van der Waals surface area contributed by atoms with E-state index in [4.69, 9.17) is 4.74 Å². The minimum absolute atomic E-state index is 0.144. The molecule has 1 heterocycles. The second-order valence-electron chi connectivity index (χ2n) is 5.37. The Hall–Kier alpha value is -3.48. The first-order valence-electron chi connectivity index (χ1n) is 7.69. The van der Waals surface area contributed by atoms with E-state index in [9.17, 15) is 13.6 Å². The number of amides is 1. The number of rotatable bonds is 5. The largest absolute Gasteiger partial charge is 0.497 e. The summed E-state index contributed by atoms with van der Waals surface area (Å²) < 4.78 is 31.3. The van der Waals surface area contributed by atoms with Crippen LogP contribution in [0.2, 0.25) is 0 Å². The topological polar surface area (TPSA) is 63.2 Å². The van der Waals surface area contributed by atoms with E-state index < -0.39 is 17.5 Å². The number of pyridine rings is 1. The third kappa shape index (κ3) is 4.13. The van der Waals surface area contributed by atoms with Crippen LogP contribution >= 0.6 is 0 Å². The van der Waals surface area contributed by atoms with Crippen LogP contribution in [-0.2, 0) is 0 Å². The summed E-state index contributed by atoms with van der Waals surface area (Å²) in [6.45, 7) is 0. The second kappa shape index (κ2) is 7.60. The van der Waals surface area contributed by atoms with E-state index in [1.54, 1.807) is 13.2 Å². The molecule has 0 aliphatic rings. The smallest absolute Gasteiger partial charge is 0.274 e. The predicted octanol–water partition coefficient (Wildman–Crippen LogP) is 4.36. The predicted molar refractivity (Wildman–Crippen MR) is 94.8 cm³/mol. The van der Waals surface area contributed by atoms with Crippen LogP contribution in [0.25, 0.3) is 0 Å². The Kier molecular flexibility index (Phi) is 5.07. The average molecular weight is 355 g/mol. The van der Waals surface area contributed by atoms with E-state index in [2.05, 4.69) is 15.6 Å².